The molecule has 0 N–H and O–H groups in total. The highest BCUT2D eigenvalue weighted by atomic mass is 32.2. The first-order valence-electron chi connectivity index (χ1n) is 6.55. The van der Waals surface area contributed by atoms with E-state index in [9.17, 15) is 13.4 Å². The van der Waals surface area contributed by atoms with E-state index in [0.29, 0.717) is 18.1 Å². The van der Waals surface area contributed by atoms with E-state index in [4.69, 9.17) is 4.74 Å². The zero-order chi connectivity index (χ0) is 14.5. The number of carbonyl (C=O) groups excluding carboxylic acids is 1. The van der Waals surface area contributed by atoms with Crippen molar-refractivity contribution in [1.29, 1.82) is 0 Å². The number of nitrogens with zero attached hydrogens (tertiary/aromatic N) is 1. The first-order valence-corrected chi connectivity index (χ1v) is 8.03. The van der Waals surface area contributed by atoms with Crippen molar-refractivity contribution in [2.45, 2.75) is 6.42 Å². The Morgan fingerprint density at radius 2 is 2.10 bits per heavy atom. The van der Waals surface area contributed by atoms with Crippen LogP contribution >= 0.6 is 0 Å². The maximum absolute atomic E-state index is 13.7. The van der Waals surface area contributed by atoms with Crippen molar-refractivity contribution in [3.05, 3.63) is 29.6 Å². The van der Waals surface area contributed by atoms with Gasteiger partial charge in [-0.3, -0.25) is 9.00 Å². The van der Waals surface area contributed by atoms with Crippen molar-refractivity contribution in [2.24, 2.45) is 0 Å². The number of Topliss-reactive ketones (excluding diaryl/α,β-unsaturated/α-hetero) is 1. The Bertz CT molecular complexity index is 511. The van der Waals surface area contributed by atoms with Gasteiger partial charge in [-0.05, 0) is 12.1 Å². The molecule has 0 aliphatic carbocycles. The summed E-state index contributed by atoms with van der Waals surface area (Å²) in [5, 5.41) is 0. The minimum absolute atomic E-state index is 0.0237. The van der Waals surface area contributed by atoms with Crippen molar-refractivity contribution in [3.8, 4) is 5.75 Å². The molecule has 1 aliphatic heterocycles. The molecule has 0 radical (unpaired) electrons. The molecular formula is C14H18FNO3S. The first kappa shape index (κ1) is 15.1. The van der Waals surface area contributed by atoms with Crippen LogP contribution in [0.15, 0.2) is 18.2 Å². The van der Waals surface area contributed by atoms with Gasteiger partial charge in [0.1, 0.15) is 11.6 Å². The van der Waals surface area contributed by atoms with Gasteiger partial charge in [0.25, 0.3) is 0 Å². The van der Waals surface area contributed by atoms with E-state index in [1.165, 1.54) is 19.2 Å². The minimum Gasteiger partial charge on any atom is -0.496 e. The molecule has 0 saturated carbocycles. The Hall–Kier alpha value is -1.27. The lowest BCUT2D eigenvalue weighted by molar-refractivity contribution is 0.0959. The average molecular weight is 299 g/mol. The molecule has 110 valence electrons. The minimum atomic E-state index is -0.727. The second kappa shape index (κ2) is 6.95. The predicted molar refractivity (Wildman–Crippen MR) is 76.2 cm³/mol. The van der Waals surface area contributed by atoms with Crippen LogP contribution in [-0.4, -0.2) is 53.1 Å². The topological polar surface area (TPSA) is 46.6 Å². The fourth-order valence-electron chi connectivity index (χ4n) is 2.23. The van der Waals surface area contributed by atoms with Gasteiger partial charge in [-0.15, -0.1) is 0 Å². The van der Waals surface area contributed by atoms with Crippen molar-refractivity contribution in [2.75, 3.05) is 38.2 Å². The molecule has 0 bridgehead atoms. The molecular weight excluding hydrogens is 281 g/mol. The summed E-state index contributed by atoms with van der Waals surface area (Å²) >= 11 is 0. The molecule has 2 rings (SSSR count). The first-order chi connectivity index (χ1) is 9.61. The van der Waals surface area contributed by atoms with Crippen LogP contribution in [-0.2, 0) is 10.8 Å². The summed E-state index contributed by atoms with van der Waals surface area (Å²) < 4.78 is 30.0. The lowest BCUT2D eigenvalue weighted by Crippen LogP contribution is -2.38. The third kappa shape index (κ3) is 3.64. The number of carbonyl (C=O) groups is 1. The molecule has 4 nitrogen and oxygen atoms in total. The number of halogens is 1. The van der Waals surface area contributed by atoms with Crippen molar-refractivity contribution in [3.63, 3.8) is 0 Å². The second-order valence-corrected chi connectivity index (χ2v) is 6.38. The number of ether oxygens (including phenoxy) is 1. The van der Waals surface area contributed by atoms with Crippen LogP contribution in [0.25, 0.3) is 0 Å². The van der Waals surface area contributed by atoms with Gasteiger partial charge < -0.3 is 9.64 Å². The highest BCUT2D eigenvalue weighted by molar-refractivity contribution is 7.85. The fraction of sp³-hybridized carbons (Fsp3) is 0.500. The van der Waals surface area contributed by atoms with E-state index in [2.05, 4.69) is 4.90 Å². The molecule has 0 unspecified atom stereocenters. The Kier molecular flexibility index (Phi) is 5.25. The SMILES string of the molecule is COc1cccc(F)c1C(=O)CCN1CCS(=O)CC1. The predicted octanol–water partition coefficient (Wildman–Crippen LogP) is 1.47. The van der Waals surface area contributed by atoms with Crippen LogP contribution in [0.2, 0.25) is 0 Å². The van der Waals surface area contributed by atoms with Gasteiger partial charge in [-0.1, -0.05) is 6.07 Å². The zero-order valence-electron chi connectivity index (χ0n) is 11.4. The molecule has 1 aromatic rings. The van der Waals surface area contributed by atoms with E-state index in [0.717, 1.165) is 13.1 Å². The lowest BCUT2D eigenvalue weighted by atomic mass is 10.1. The standard InChI is InChI=1S/C14H18FNO3S/c1-19-13-4-2-3-11(15)14(13)12(17)5-6-16-7-9-20(18)10-8-16/h2-4H,5-10H2,1H3. The molecule has 0 aromatic heterocycles. The molecule has 0 spiro atoms. The monoisotopic (exact) mass is 299 g/mol. The maximum atomic E-state index is 13.7. The summed E-state index contributed by atoms with van der Waals surface area (Å²) in [4.78, 5) is 14.2. The molecule has 1 fully saturated rings. The molecule has 6 heteroatoms. The summed E-state index contributed by atoms with van der Waals surface area (Å²) in [6.45, 7) is 2.02. The Morgan fingerprint density at radius 3 is 2.75 bits per heavy atom. The van der Waals surface area contributed by atoms with Crippen LogP contribution < -0.4 is 4.74 Å². The van der Waals surface area contributed by atoms with Crippen molar-refractivity contribution >= 4 is 16.6 Å². The van der Waals surface area contributed by atoms with Gasteiger partial charge in [0, 0.05) is 48.4 Å². The van der Waals surface area contributed by atoms with E-state index >= 15 is 0 Å². The third-order valence-electron chi connectivity index (χ3n) is 3.40. The molecule has 0 amide bonds. The molecule has 1 aromatic carbocycles. The van der Waals surface area contributed by atoms with Crippen LogP contribution in [0.1, 0.15) is 16.8 Å². The van der Waals surface area contributed by atoms with Gasteiger partial charge in [0.2, 0.25) is 0 Å². The maximum Gasteiger partial charge on any atom is 0.170 e. The molecule has 1 heterocycles. The Morgan fingerprint density at radius 1 is 1.40 bits per heavy atom. The summed E-state index contributed by atoms with van der Waals surface area (Å²) in [5.74, 6) is 0.768. The highest BCUT2D eigenvalue weighted by Crippen LogP contribution is 2.22. The van der Waals surface area contributed by atoms with Gasteiger partial charge in [-0.25, -0.2) is 4.39 Å². The molecule has 1 saturated heterocycles. The quantitative estimate of drug-likeness (QED) is 0.773. The summed E-state index contributed by atoms with van der Waals surface area (Å²) in [5.41, 5.74) is 0.0237. The lowest BCUT2D eigenvalue weighted by Gasteiger charge is -2.25. The Balaban J connectivity index is 1.97. The van der Waals surface area contributed by atoms with Gasteiger partial charge >= 0.3 is 0 Å². The number of benzene rings is 1. The van der Waals surface area contributed by atoms with E-state index in [1.807, 2.05) is 0 Å². The van der Waals surface area contributed by atoms with Crippen LogP contribution in [0.3, 0.4) is 0 Å². The third-order valence-corrected chi connectivity index (χ3v) is 4.68. The summed E-state index contributed by atoms with van der Waals surface area (Å²) in [6, 6.07) is 4.37. The van der Waals surface area contributed by atoms with Crippen LogP contribution in [0, 0.1) is 5.82 Å². The summed E-state index contributed by atoms with van der Waals surface area (Å²) in [6.07, 6.45) is 0.240. The summed E-state index contributed by atoms with van der Waals surface area (Å²) in [7, 11) is 0.696. The highest BCUT2D eigenvalue weighted by Gasteiger charge is 2.20. The number of methoxy groups -OCH3 is 1. The van der Waals surface area contributed by atoms with Gasteiger partial charge in [0.15, 0.2) is 5.78 Å². The van der Waals surface area contributed by atoms with Gasteiger partial charge in [-0.2, -0.15) is 0 Å². The number of hydrogen-bond donors (Lipinski definition) is 0. The van der Waals surface area contributed by atoms with E-state index < -0.39 is 16.6 Å². The van der Waals surface area contributed by atoms with Crippen molar-refractivity contribution < 1.29 is 18.1 Å². The number of rotatable bonds is 5. The normalized spacial score (nSPS) is 17.1. The number of ketones is 1. The average Bonchev–Trinajstić information content (AvgIpc) is 2.46. The Labute approximate surface area is 120 Å². The largest absolute Gasteiger partial charge is 0.496 e. The smallest absolute Gasteiger partial charge is 0.170 e. The van der Waals surface area contributed by atoms with Gasteiger partial charge in [0.05, 0.1) is 12.7 Å². The number of hydrogen-bond acceptors (Lipinski definition) is 4. The zero-order valence-corrected chi connectivity index (χ0v) is 12.2. The van der Waals surface area contributed by atoms with Crippen LogP contribution in [0.4, 0.5) is 4.39 Å². The molecule has 20 heavy (non-hydrogen) atoms. The fourth-order valence-corrected chi connectivity index (χ4v) is 3.36. The van der Waals surface area contributed by atoms with Crippen molar-refractivity contribution in [1.82, 2.24) is 4.90 Å². The molecule has 1 aliphatic rings. The molecule has 0 atom stereocenters. The van der Waals surface area contributed by atoms with E-state index in [-0.39, 0.29) is 23.5 Å². The van der Waals surface area contributed by atoms with E-state index in [1.54, 1.807) is 6.07 Å². The van der Waals surface area contributed by atoms with Crippen LogP contribution in [0.5, 0.6) is 5.75 Å². The second-order valence-electron chi connectivity index (χ2n) is 4.68.